The summed E-state index contributed by atoms with van der Waals surface area (Å²) in [6.45, 7) is 2.00. The average Bonchev–Trinajstić information content (AvgIpc) is 2.70. The first-order chi connectivity index (χ1) is 7.25. The smallest absolute Gasteiger partial charge is 0.146 e. The van der Waals surface area contributed by atoms with Gasteiger partial charge >= 0.3 is 0 Å². The quantitative estimate of drug-likeness (QED) is 0.661. The molecule has 0 aliphatic carbocycles. The molecule has 5 heteroatoms. The van der Waals surface area contributed by atoms with Gasteiger partial charge in [-0.15, -0.1) is 0 Å². The van der Waals surface area contributed by atoms with Crippen LogP contribution in [0.1, 0.15) is 18.8 Å². The SMILES string of the molecule is CC(Nc1cccc(N)c1)c1ncn[nH]1. The van der Waals surface area contributed by atoms with E-state index in [0.717, 1.165) is 17.2 Å². The highest BCUT2D eigenvalue weighted by molar-refractivity contribution is 5.54. The molecule has 0 saturated carbocycles. The van der Waals surface area contributed by atoms with Crippen molar-refractivity contribution >= 4 is 11.4 Å². The third kappa shape index (κ3) is 2.25. The molecule has 0 saturated heterocycles. The summed E-state index contributed by atoms with van der Waals surface area (Å²) in [6.07, 6.45) is 1.49. The lowest BCUT2D eigenvalue weighted by molar-refractivity contribution is 0.796. The van der Waals surface area contributed by atoms with Crippen LogP contribution in [-0.4, -0.2) is 15.2 Å². The van der Waals surface area contributed by atoms with Gasteiger partial charge in [0.05, 0.1) is 6.04 Å². The largest absolute Gasteiger partial charge is 0.399 e. The normalized spacial score (nSPS) is 12.3. The first-order valence-corrected chi connectivity index (χ1v) is 4.73. The molecular formula is C10H13N5. The molecule has 15 heavy (non-hydrogen) atoms. The number of anilines is 2. The van der Waals surface area contributed by atoms with Crippen molar-refractivity contribution in [1.82, 2.24) is 15.2 Å². The Morgan fingerprint density at radius 1 is 1.47 bits per heavy atom. The van der Waals surface area contributed by atoms with Gasteiger partial charge in [-0.3, -0.25) is 5.10 Å². The minimum absolute atomic E-state index is 0.0781. The van der Waals surface area contributed by atoms with E-state index in [9.17, 15) is 0 Å². The Bertz CT molecular complexity index is 423. The second-order valence-corrected chi connectivity index (χ2v) is 3.36. The lowest BCUT2D eigenvalue weighted by atomic mass is 10.2. The Labute approximate surface area is 87.7 Å². The van der Waals surface area contributed by atoms with Gasteiger partial charge in [0.25, 0.3) is 0 Å². The van der Waals surface area contributed by atoms with E-state index in [4.69, 9.17) is 5.73 Å². The van der Waals surface area contributed by atoms with E-state index >= 15 is 0 Å². The van der Waals surface area contributed by atoms with Gasteiger partial charge in [0, 0.05) is 11.4 Å². The Morgan fingerprint density at radius 3 is 3.00 bits per heavy atom. The maximum atomic E-state index is 5.68. The molecule has 0 spiro atoms. The molecule has 5 nitrogen and oxygen atoms in total. The molecule has 4 N–H and O–H groups in total. The number of benzene rings is 1. The first-order valence-electron chi connectivity index (χ1n) is 4.73. The van der Waals surface area contributed by atoms with Crippen LogP contribution >= 0.6 is 0 Å². The number of nitrogens with one attached hydrogen (secondary N) is 2. The van der Waals surface area contributed by atoms with Crippen molar-refractivity contribution in [1.29, 1.82) is 0 Å². The minimum atomic E-state index is 0.0781. The summed E-state index contributed by atoms with van der Waals surface area (Å²) in [5, 5.41) is 9.89. The number of nitrogens with zero attached hydrogens (tertiary/aromatic N) is 2. The van der Waals surface area contributed by atoms with Gasteiger partial charge < -0.3 is 11.1 Å². The monoisotopic (exact) mass is 203 g/mol. The molecule has 0 aliphatic rings. The fraction of sp³-hybridized carbons (Fsp3) is 0.200. The highest BCUT2D eigenvalue weighted by Gasteiger charge is 2.07. The van der Waals surface area contributed by atoms with Crippen LogP contribution < -0.4 is 11.1 Å². The second-order valence-electron chi connectivity index (χ2n) is 3.36. The molecule has 0 fully saturated rings. The van der Waals surface area contributed by atoms with Gasteiger partial charge in [0.2, 0.25) is 0 Å². The van der Waals surface area contributed by atoms with Gasteiger partial charge in [-0.1, -0.05) is 6.07 Å². The zero-order chi connectivity index (χ0) is 10.7. The van der Waals surface area contributed by atoms with E-state index in [1.807, 2.05) is 31.2 Å². The maximum Gasteiger partial charge on any atom is 0.146 e. The van der Waals surface area contributed by atoms with Crippen LogP contribution in [-0.2, 0) is 0 Å². The number of aromatic nitrogens is 3. The van der Waals surface area contributed by atoms with Gasteiger partial charge in [0.15, 0.2) is 0 Å². The van der Waals surface area contributed by atoms with Crippen molar-refractivity contribution in [3.63, 3.8) is 0 Å². The van der Waals surface area contributed by atoms with Crippen molar-refractivity contribution in [2.75, 3.05) is 11.1 Å². The van der Waals surface area contributed by atoms with Crippen molar-refractivity contribution in [2.45, 2.75) is 13.0 Å². The van der Waals surface area contributed by atoms with Crippen LogP contribution in [0, 0.1) is 0 Å². The van der Waals surface area contributed by atoms with Gasteiger partial charge in [-0.05, 0) is 25.1 Å². The van der Waals surface area contributed by atoms with E-state index in [-0.39, 0.29) is 6.04 Å². The van der Waals surface area contributed by atoms with Crippen molar-refractivity contribution in [3.8, 4) is 0 Å². The highest BCUT2D eigenvalue weighted by Crippen LogP contribution is 2.17. The molecule has 0 amide bonds. The number of nitrogens with two attached hydrogens (primary N) is 1. The van der Waals surface area contributed by atoms with Crippen LogP contribution in [0.15, 0.2) is 30.6 Å². The predicted octanol–water partition coefficient (Wildman–Crippen LogP) is 1.56. The fourth-order valence-corrected chi connectivity index (χ4v) is 1.37. The highest BCUT2D eigenvalue weighted by atomic mass is 15.2. The zero-order valence-electron chi connectivity index (χ0n) is 8.44. The van der Waals surface area contributed by atoms with E-state index in [1.165, 1.54) is 6.33 Å². The Hall–Kier alpha value is -2.04. The Balaban J connectivity index is 2.09. The lowest BCUT2D eigenvalue weighted by Gasteiger charge is -2.12. The van der Waals surface area contributed by atoms with Crippen LogP contribution in [0.5, 0.6) is 0 Å². The number of hydrogen-bond donors (Lipinski definition) is 3. The van der Waals surface area contributed by atoms with Crippen molar-refractivity contribution < 1.29 is 0 Å². The number of aromatic amines is 1. The summed E-state index contributed by atoms with van der Waals surface area (Å²) < 4.78 is 0. The summed E-state index contributed by atoms with van der Waals surface area (Å²) in [6, 6.07) is 7.68. The molecule has 0 aliphatic heterocycles. The van der Waals surface area contributed by atoms with Crippen molar-refractivity contribution in [2.24, 2.45) is 0 Å². The molecule has 2 aromatic rings. The fourth-order valence-electron chi connectivity index (χ4n) is 1.37. The lowest BCUT2D eigenvalue weighted by Crippen LogP contribution is -2.08. The number of nitrogen functional groups attached to an aromatic ring is 1. The summed E-state index contributed by atoms with van der Waals surface area (Å²) in [5.74, 6) is 0.803. The third-order valence-electron chi connectivity index (χ3n) is 2.11. The molecule has 0 radical (unpaired) electrons. The average molecular weight is 203 g/mol. The van der Waals surface area contributed by atoms with Gasteiger partial charge in [0.1, 0.15) is 12.2 Å². The molecule has 78 valence electrons. The number of hydrogen-bond acceptors (Lipinski definition) is 4. The van der Waals surface area contributed by atoms with Gasteiger partial charge in [-0.2, -0.15) is 5.10 Å². The molecular weight excluding hydrogens is 190 g/mol. The first kappa shape index (κ1) is 9.51. The molecule has 0 bridgehead atoms. The molecule has 1 aromatic carbocycles. The minimum Gasteiger partial charge on any atom is -0.399 e. The van der Waals surface area contributed by atoms with E-state index in [0.29, 0.717) is 0 Å². The van der Waals surface area contributed by atoms with Crippen molar-refractivity contribution in [3.05, 3.63) is 36.4 Å². The maximum absolute atomic E-state index is 5.68. The molecule has 1 unspecified atom stereocenters. The standard InChI is InChI=1S/C10H13N5/c1-7(10-12-6-13-15-10)14-9-4-2-3-8(11)5-9/h2-7,14H,11H2,1H3,(H,12,13,15). The summed E-state index contributed by atoms with van der Waals surface area (Å²) >= 11 is 0. The summed E-state index contributed by atoms with van der Waals surface area (Å²) in [7, 11) is 0. The van der Waals surface area contributed by atoms with E-state index in [1.54, 1.807) is 0 Å². The van der Waals surface area contributed by atoms with Crippen LogP contribution in [0.3, 0.4) is 0 Å². The van der Waals surface area contributed by atoms with Crippen LogP contribution in [0.4, 0.5) is 11.4 Å². The number of H-pyrrole nitrogens is 1. The Kier molecular flexibility index (Phi) is 2.53. The van der Waals surface area contributed by atoms with Gasteiger partial charge in [-0.25, -0.2) is 4.98 Å². The Morgan fingerprint density at radius 2 is 2.33 bits per heavy atom. The molecule has 2 rings (SSSR count). The summed E-state index contributed by atoms with van der Waals surface area (Å²) in [4.78, 5) is 4.07. The predicted molar refractivity (Wildman–Crippen MR) is 59.3 cm³/mol. The third-order valence-corrected chi connectivity index (χ3v) is 2.11. The van der Waals surface area contributed by atoms with E-state index in [2.05, 4.69) is 20.5 Å². The van der Waals surface area contributed by atoms with Crippen LogP contribution in [0.25, 0.3) is 0 Å². The van der Waals surface area contributed by atoms with Crippen LogP contribution in [0.2, 0.25) is 0 Å². The molecule has 1 atom stereocenters. The van der Waals surface area contributed by atoms with E-state index < -0.39 is 0 Å². The molecule has 1 aromatic heterocycles. The number of rotatable bonds is 3. The topological polar surface area (TPSA) is 79.6 Å². The second kappa shape index (κ2) is 4.00. The molecule has 1 heterocycles. The summed E-state index contributed by atoms with van der Waals surface area (Å²) in [5.41, 5.74) is 7.39. The zero-order valence-corrected chi connectivity index (χ0v) is 8.44.